The zero-order chi connectivity index (χ0) is 14.3. The second-order valence-corrected chi connectivity index (χ2v) is 5.56. The van der Waals surface area contributed by atoms with Gasteiger partial charge in [-0.3, -0.25) is 9.69 Å². The summed E-state index contributed by atoms with van der Waals surface area (Å²) >= 11 is 0. The number of hydrogen-bond acceptors (Lipinski definition) is 4. The lowest BCUT2D eigenvalue weighted by molar-refractivity contribution is -0.132. The maximum absolute atomic E-state index is 12.2. The molecule has 1 amide bonds. The normalized spacial score (nSPS) is 17.2. The molecule has 1 aliphatic heterocycles. The van der Waals surface area contributed by atoms with Crippen LogP contribution in [0.15, 0.2) is 12.2 Å². The fraction of sp³-hybridized carbons (Fsp3) is 0.786. The van der Waals surface area contributed by atoms with Crippen molar-refractivity contribution in [1.29, 1.82) is 0 Å². The van der Waals surface area contributed by atoms with Gasteiger partial charge in [-0.25, -0.2) is 0 Å². The molecular weight excluding hydrogens is 242 g/mol. The van der Waals surface area contributed by atoms with Crippen LogP contribution >= 0.6 is 0 Å². The minimum Gasteiger partial charge on any atom is -0.375 e. The van der Waals surface area contributed by atoms with Gasteiger partial charge in [0.2, 0.25) is 5.91 Å². The van der Waals surface area contributed by atoms with E-state index < -0.39 is 5.54 Å². The standard InChI is InChI=1S/C14H27N3O2/c1-12(2)11-19-10-7-16-13(18)14(3,4)17-8-5-15-6-9-17/h15H,1,5-11H2,2-4H3,(H,16,18). The van der Waals surface area contributed by atoms with Crippen molar-refractivity contribution >= 4 is 5.91 Å². The van der Waals surface area contributed by atoms with Crippen molar-refractivity contribution in [3.8, 4) is 0 Å². The summed E-state index contributed by atoms with van der Waals surface area (Å²) in [6.45, 7) is 15.0. The third-order valence-electron chi connectivity index (χ3n) is 3.34. The van der Waals surface area contributed by atoms with Crippen molar-refractivity contribution in [3.63, 3.8) is 0 Å². The van der Waals surface area contributed by atoms with Crippen LogP contribution in [-0.4, -0.2) is 62.3 Å². The quantitative estimate of drug-likeness (QED) is 0.518. The highest BCUT2D eigenvalue weighted by Crippen LogP contribution is 2.14. The van der Waals surface area contributed by atoms with E-state index in [9.17, 15) is 4.79 Å². The molecule has 0 aromatic carbocycles. The monoisotopic (exact) mass is 269 g/mol. The molecule has 0 aromatic rings. The first-order chi connectivity index (χ1) is 8.94. The summed E-state index contributed by atoms with van der Waals surface area (Å²) < 4.78 is 5.37. The van der Waals surface area contributed by atoms with E-state index in [1.807, 2.05) is 20.8 Å². The molecule has 0 atom stereocenters. The van der Waals surface area contributed by atoms with Crippen LogP contribution in [0.5, 0.6) is 0 Å². The smallest absolute Gasteiger partial charge is 0.240 e. The Morgan fingerprint density at radius 1 is 1.42 bits per heavy atom. The Balaban J connectivity index is 2.28. The fourth-order valence-electron chi connectivity index (χ4n) is 2.07. The Bertz CT molecular complexity index is 310. The van der Waals surface area contributed by atoms with Crippen LogP contribution in [-0.2, 0) is 9.53 Å². The molecule has 0 aromatic heterocycles. The zero-order valence-corrected chi connectivity index (χ0v) is 12.4. The fourth-order valence-corrected chi connectivity index (χ4v) is 2.07. The lowest BCUT2D eigenvalue weighted by Gasteiger charge is -2.39. The summed E-state index contributed by atoms with van der Waals surface area (Å²) in [6.07, 6.45) is 0. The summed E-state index contributed by atoms with van der Waals surface area (Å²) in [5.41, 5.74) is 0.531. The second kappa shape index (κ2) is 7.62. The van der Waals surface area contributed by atoms with E-state index in [1.165, 1.54) is 0 Å². The van der Waals surface area contributed by atoms with Gasteiger partial charge in [0, 0.05) is 32.7 Å². The molecule has 0 spiro atoms. The number of ether oxygens (including phenoxy) is 1. The minimum absolute atomic E-state index is 0.0633. The molecule has 19 heavy (non-hydrogen) atoms. The molecule has 5 nitrogen and oxygen atoms in total. The van der Waals surface area contributed by atoms with Crippen LogP contribution < -0.4 is 10.6 Å². The van der Waals surface area contributed by atoms with E-state index in [0.717, 1.165) is 31.8 Å². The highest BCUT2D eigenvalue weighted by atomic mass is 16.5. The summed E-state index contributed by atoms with van der Waals surface area (Å²) in [4.78, 5) is 14.4. The number of carbonyl (C=O) groups is 1. The molecule has 0 radical (unpaired) electrons. The summed E-state index contributed by atoms with van der Waals surface area (Å²) in [5.74, 6) is 0.0633. The average molecular weight is 269 g/mol. The van der Waals surface area contributed by atoms with Crippen LogP contribution in [0.3, 0.4) is 0 Å². The Morgan fingerprint density at radius 3 is 2.63 bits per heavy atom. The van der Waals surface area contributed by atoms with E-state index in [2.05, 4.69) is 22.1 Å². The van der Waals surface area contributed by atoms with E-state index in [0.29, 0.717) is 19.8 Å². The van der Waals surface area contributed by atoms with Crippen molar-refractivity contribution in [2.24, 2.45) is 0 Å². The molecule has 1 aliphatic rings. The number of nitrogens with zero attached hydrogens (tertiary/aromatic N) is 1. The average Bonchev–Trinajstić information content (AvgIpc) is 2.38. The molecule has 0 unspecified atom stereocenters. The molecule has 1 rings (SSSR count). The number of rotatable bonds is 7. The highest BCUT2D eigenvalue weighted by Gasteiger charge is 2.34. The number of carbonyl (C=O) groups excluding carboxylic acids is 1. The lowest BCUT2D eigenvalue weighted by atomic mass is 10.0. The summed E-state index contributed by atoms with van der Waals surface area (Å²) in [6, 6.07) is 0. The van der Waals surface area contributed by atoms with E-state index in [4.69, 9.17) is 4.74 Å². The van der Waals surface area contributed by atoms with E-state index in [1.54, 1.807) is 0 Å². The van der Waals surface area contributed by atoms with Gasteiger partial charge >= 0.3 is 0 Å². The van der Waals surface area contributed by atoms with Gasteiger partial charge in [-0.2, -0.15) is 0 Å². The predicted molar refractivity (Wildman–Crippen MR) is 77.2 cm³/mol. The van der Waals surface area contributed by atoms with Gasteiger partial charge < -0.3 is 15.4 Å². The van der Waals surface area contributed by atoms with Crippen molar-refractivity contribution in [3.05, 3.63) is 12.2 Å². The predicted octanol–water partition coefficient (Wildman–Crippen LogP) is 0.379. The molecule has 5 heteroatoms. The SMILES string of the molecule is C=C(C)COCCNC(=O)C(C)(C)N1CCNCC1. The molecule has 1 heterocycles. The molecule has 0 aliphatic carbocycles. The Hall–Kier alpha value is -0.910. The lowest BCUT2D eigenvalue weighted by Crippen LogP contribution is -2.60. The van der Waals surface area contributed by atoms with Crippen molar-refractivity contribution < 1.29 is 9.53 Å². The van der Waals surface area contributed by atoms with Gasteiger partial charge in [-0.15, -0.1) is 0 Å². The van der Waals surface area contributed by atoms with Crippen LogP contribution in [0.1, 0.15) is 20.8 Å². The molecule has 0 bridgehead atoms. The largest absolute Gasteiger partial charge is 0.375 e. The zero-order valence-electron chi connectivity index (χ0n) is 12.4. The van der Waals surface area contributed by atoms with Crippen molar-refractivity contribution in [2.45, 2.75) is 26.3 Å². The van der Waals surface area contributed by atoms with Crippen molar-refractivity contribution in [1.82, 2.24) is 15.5 Å². The third-order valence-corrected chi connectivity index (χ3v) is 3.34. The first kappa shape index (κ1) is 16.1. The van der Waals surface area contributed by atoms with Gasteiger partial charge in [-0.05, 0) is 20.8 Å². The highest BCUT2D eigenvalue weighted by molar-refractivity contribution is 5.85. The molecule has 0 saturated carbocycles. The molecule has 1 saturated heterocycles. The summed E-state index contributed by atoms with van der Waals surface area (Å²) in [5, 5.41) is 6.23. The van der Waals surface area contributed by atoms with Gasteiger partial charge in [0.1, 0.15) is 0 Å². The van der Waals surface area contributed by atoms with Gasteiger partial charge in [0.15, 0.2) is 0 Å². The minimum atomic E-state index is -0.462. The molecule has 110 valence electrons. The van der Waals surface area contributed by atoms with Gasteiger partial charge in [0.25, 0.3) is 0 Å². The van der Waals surface area contributed by atoms with Crippen molar-refractivity contribution in [2.75, 3.05) is 45.9 Å². The number of amides is 1. The van der Waals surface area contributed by atoms with E-state index >= 15 is 0 Å². The third kappa shape index (κ3) is 5.30. The van der Waals surface area contributed by atoms with E-state index in [-0.39, 0.29) is 5.91 Å². The first-order valence-corrected chi connectivity index (χ1v) is 6.91. The molecule has 1 fully saturated rings. The maximum atomic E-state index is 12.2. The topological polar surface area (TPSA) is 53.6 Å². The van der Waals surface area contributed by atoms with Gasteiger partial charge in [0.05, 0.1) is 18.8 Å². The van der Waals surface area contributed by atoms with Crippen LogP contribution in [0.2, 0.25) is 0 Å². The first-order valence-electron chi connectivity index (χ1n) is 6.91. The number of nitrogens with one attached hydrogen (secondary N) is 2. The summed E-state index contributed by atoms with van der Waals surface area (Å²) in [7, 11) is 0. The molecule has 2 N–H and O–H groups in total. The number of piperazine rings is 1. The Kier molecular flexibility index (Phi) is 6.48. The van der Waals surface area contributed by atoms with Gasteiger partial charge in [-0.1, -0.05) is 12.2 Å². The Morgan fingerprint density at radius 2 is 2.05 bits per heavy atom. The second-order valence-electron chi connectivity index (χ2n) is 5.56. The maximum Gasteiger partial charge on any atom is 0.240 e. The molecular formula is C14H27N3O2. The van der Waals surface area contributed by atoms with Crippen LogP contribution in [0, 0.1) is 0 Å². The van der Waals surface area contributed by atoms with Crippen LogP contribution in [0.4, 0.5) is 0 Å². The Labute approximate surface area is 116 Å². The number of hydrogen-bond donors (Lipinski definition) is 2. The van der Waals surface area contributed by atoms with Crippen LogP contribution in [0.25, 0.3) is 0 Å².